The maximum atomic E-state index is 11.0. The van der Waals surface area contributed by atoms with E-state index in [9.17, 15) is 9.59 Å². The van der Waals surface area contributed by atoms with Crippen LogP contribution < -0.4 is 5.32 Å². The molecule has 0 heterocycles. The molecule has 0 aromatic carbocycles. The van der Waals surface area contributed by atoms with Crippen molar-refractivity contribution < 1.29 is 24.5 Å². The Balaban J connectivity index is 3.69. The van der Waals surface area contributed by atoms with Crippen LogP contribution in [0.15, 0.2) is 0 Å². The van der Waals surface area contributed by atoms with Gasteiger partial charge in [-0.3, -0.25) is 0 Å². The van der Waals surface area contributed by atoms with Crippen LogP contribution in [0.1, 0.15) is 27.2 Å². The number of aliphatic hydroxyl groups is 1. The zero-order valence-corrected chi connectivity index (χ0v) is 9.11. The normalized spacial score (nSPS) is 13.1. The highest BCUT2D eigenvalue weighted by atomic mass is 16.6. The Hall–Kier alpha value is -1.30. The van der Waals surface area contributed by atoms with Crippen LogP contribution in [0.25, 0.3) is 0 Å². The molecule has 0 aromatic heterocycles. The minimum atomic E-state index is -1.46. The molecule has 0 aromatic rings. The van der Waals surface area contributed by atoms with E-state index >= 15 is 0 Å². The fraction of sp³-hybridized carbons (Fsp3) is 0.778. The van der Waals surface area contributed by atoms with Gasteiger partial charge in [0.2, 0.25) is 0 Å². The van der Waals surface area contributed by atoms with E-state index in [0.717, 1.165) is 0 Å². The van der Waals surface area contributed by atoms with Gasteiger partial charge in [0.15, 0.2) is 6.10 Å². The summed E-state index contributed by atoms with van der Waals surface area (Å²) in [6.45, 7) is 5.22. The fourth-order valence-electron chi connectivity index (χ4n) is 0.749. The first-order chi connectivity index (χ1) is 6.72. The predicted octanol–water partition coefficient (Wildman–Crippen LogP) is 0.347. The number of carbonyl (C=O) groups excluding carboxylic acids is 1. The molecule has 0 radical (unpaired) electrons. The third-order valence-corrected chi connectivity index (χ3v) is 1.37. The monoisotopic (exact) mass is 219 g/mol. The second-order valence-electron chi connectivity index (χ2n) is 4.07. The van der Waals surface area contributed by atoms with Gasteiger partial charge in [0.05, 0.1) is 0 Å². The summed E-state index contributed by atoms with van der Waals surface area (Å²) in [5, 5.41) is 19.6. The highest BCUT2D eigenvalue weighted by Crippen LogP contribution is 2.06. The summed E-state index contributed by atoms with van der Waals surface area (Å²) in [6, 6.07) is 0. The fourth-order valence-corrected chi connectivity index (χ4v) is 0.749. The molecule has 0 rings (SSSR count). The first-order valence-corrected chi connectivity index (χ1v) is 4.60. The molecule has 0 fully saturated rings. The minimum absolute atomic E-state index is 0.0470. The van der Waals surface area contributed by atoms with E-state index in [1.54, 1.807) is 20.8 Å². The van der Waals surface area contributed by atoms with E-state index in [0.29, 0.717) is 0 Å². The van der Waals surface area contributed by atoms with Gasteiger partial charge in [-0.25, -0.2) is 9.59 Å². The van der Waals surface area contributed by atoms with Crippen LogP contribution in [0.5, 0.6) is 0 Å². The van der Waals surface area contributed by atoms with Crippen LogP contribution in [-0.4, -0.2) is 40.5 Å². The topological polar surface area (TPSA) is 95.9 Å². The van der Waals surface area contributed by atoms with Crippen molar-refractivity contribution in [2.24, 2.45) is 0 Å². The van der Waals surface area contributed by atoms with Gasteiger partial charge < -0.3 is 20.3 Å². The Morgan fingerprint density at radius 3 is 2.33 bits per heavy atom. The van der Waals surface area contributed by atoms with Gasteiger partial charge in [-0.05, 0) is 20.8 Å². The number of carbonyl (C=O) groups is 2. The molecular formula is C9H17NO5. The van der Waals surface area contributed by atoms with E-state index in [2.05, 4.69) is 5.32 Å². The second kappa shape index (κ2) is 5.55. The highest BCUT2D eigenvalue weighted by Gasteiger charge is 2.17. The van der Waals surface area contributed by atoms with Crippen molar-refractivity contribution in [2.75, 3.05) is 6.54 Å². The molecule has 0 aliphatic rings. The molecule has 6 heteroatoms. The number of hydrogen-bond acceptors (Lipinski definition) is 4. The third-order valence-electron chi connectivity index (χ3n) is 1.37. The van der Waals surface area contributed by atoms with Gasteiger partial charge in [0.1, 0.15) is 5.60 Å². The minimum Gasteiger partial charge on any atom is -0.479 e. The molecule has 88 valence electrons. The number of aliphatic carboxylic acids is 1. The third kappa shape index (κ3) is 7.75. The lowest BCUT2D eigenvalue weighted by atomic mass is 10.2. The van der Waals surface area contributed by atoms with Crippen molar-refractivity contribution in [1.29, 1.82) is 0 Å². The molecule has 3 N–H and O–H groups in total. The lowest BCUT2D eigenvalue weighted by Crippen LogP contribution is -2.35. The molecule has 0 aliphatic carbocycles. The molecule has 0 aliphatic heterocycles. The number of aliphatic hydroxyl groups excluding tert-OH is 1. The van der Waals surface area contributed by atoms with Crippen LogP contribution >= 0.6 is 0 Å². The van der Waals surface area contributed by atoms with E-state index in [1.165, 1.54) is 0 Å². The predicted molar refractivity (Wildman–Crippen MR) is 52.5 cm³/mol. The van der Waals surface area contributed by atoms with Crippen molar-refractivity contribution in [3.63, 3.8) is 0 Å². The summed E-state index contributed by atoms with van der Waals surface area (Å²) < 4.78 is 4.90. The SMILES string of the molecule is CC(C)(C)OC(=O)NCC[C@H](O)C(=O)O. The molecule has 15 heavy (non-hydrogen) atoms. The van der Waals surface area contributed by atoms with Crippen LogP contribution in [0.4, 0.5) is 4.79 Å². The van der Waals surface area contributed by atoms with Gasteiger partial charge in [-0.15, -0.1) is 0 Å². The summed E-state index contributed by atoms with van der Waals surface area (Å²) in [7, 11) is 0. The van der Waals surface area contributed by atoms with E-state index < -0.39 is 23.8 Å². The first kappa shape index (κ1) is 13.7. The van der Waals surface area contributed by atoms with Crippen molar-refractivity contribution in [2.45, 2.75) is 38.9 Å². The Bertz CT molecular complexity index is 233. The van der Waals surface area contributed by atoms with E-state index in [4.69, 9.17) is 14.9 Å². The lowest BCUT2D eigenvalue weighted by Gasteiger charge is -2.19. The van der Waals surface area contributed by atoms with Crippen molar-refractivity contribution >= 4 is 12.1 Å². The molecule has 6 nitrogen and oxygen atoms in total. The van der Waals surface area contributed by atoms with Gasteiger partial charge >= 0.3 is 12.1 Å². The van der Waals surface area contributed by atoms with Crippen LogP contribution in [-0.2, 0) is 9.53 Å². The zero-order valence-electron chi connectivity index (χ0n) is 9.11. The number of hydrogen-bond donors (Lipinski definition) is 3. The zero-order chi connectivity index (χ0) is 12.1. The van der Waals surface area contributed by atoms with E-state index in [1.807, 2.05) is 0 Å². The number of carboxylic acids is 1. The standard InChI is InChI=1S/C9H17NO5/c1-9(2,3)15-8(14)10-5-4-6(11)7(12)13/h6,11H,4-5H2,1-3H3,(H,10,14)(H,12,13)/t6-/m0/s1. The maximum Gasteiger partial charge on any atom is 0.407 e. The van der Waals surface area contributed by atoms with E-state index in [-0.39, 0.29) is 13.0 Å². The Kier molecular flexibility index (Phi) is 5.07. The molecule has 0 spiro atoms. The number of ether oxygens (including phenoxy) is 1. The van der Waals surface area contributed by atoms with Crippen molar-refractivity contribution in [3.8, 4) is 0 Å². The van der Waals surface area contributed by atoms with Gasteiger partial charge in [0, 0.05) is 13.0 Å². The molecule has 1 amide bonds. The van der Waals surface area contributed by atoms with Gasteiger partial charge in [0.25, 0.3) is 0 Å². The van der Waals surface area contributed by atoms with Crippen LogP contribution in [0.3, 0.4) is 0 Å². The number of amides is 1. The van der Waals surface area contributed by atoms with Crippen LogP contribution in [0.2, 0.25) is 0 Å². The molecule has 0 bridgehead atoms. The number of carboxylic acid groups (broad SMARTS) is 1. The largest absolute Gasteiger partial charge is 0.479 e. The summed E-state index contributed by atoms with van der Waals surface area (Å²) >= 11 is 0. The summed E-state index contributed by atoms with van der Waals surface area (Å²) in [6.07, 6.45) is -2.13. The Labute approximate surface area is 88.2 Å². The number of alkyl carbamates (subject to hydrolysis) is 1. The molecule has 1 atom stereocenters. The number of nitrogens with one attached hydrogen (secondary N) is 1. The van der Waals surface area contributed by atoms with Gasteiger partial charge in [-0.2, -0.15) is 0 Å². The molecule has 0 unspecified atom stereocenters. The van der Waals surface area contributed by atoms with Crippen molar-refractivity contribution in [1.82, 2.24) is 5.32 Å². The quantitative estimate of drug-likeness (QED) is 0.634. The molecular weight excluding hydrogens is 202 g/mol. The average molecular weight is 219 g/mol. The van der Waals surface area contributed by atoms with Crippen LogP contribution in [0, 0.1) is 0 Å². The lowest BCUT2D eigenvalue weighted by molar-refractivity contribution is -0.146. The maximum absolute atomic E-state index is 11.0. The first-order valence-electron chi connectivity index (χ1n) is 4.60. The average Bonchev–Trinajstić information content (AvgIpc) is 2.00. The summed E-state index contributed by atoms with van der Waals surface area (Å²) in [5.41, 5.74) is -0.588. The highest BCUT2D eigenvalue weighted by molar-refractivity contribution is 5.72. The summed E-state index contributed by atoms with van der Waals surface area (Å²) in [4.78, 5) is 21.3. The molecule has 0 saturated carbocycles. The van der Waals surface area contributed by atoms with Gasteiger partial charge in [-0.1, -0.05) is 0 Å². The Morgan fingerprint density at radius 2 is 1.93 bits per heavy atom. The Morgan fingerprint density at radius 1 is 1.40 bits per heavy atom. The second-order valence-corrected chi connectivity index (χ2v) is 4.07. The van der Waals surface area contributed by atoms with Crippen molar-refractivity contribution in [3.05, 3.63) is 0 Å². The summed E-state index contributed by atoms with van der Waals surface area (Å²) in [5.74, 6) is -1.30. The smallest absolute Gasteiger partial charge is 0.407 e. The number of rotatable bonds is 4. The molecule has 0 saturated heterocycles.